The van der Waals surface area contributed by atoms with Crippen LogP contribution in [0.1, 0.15) is 28.9 Å². The first-order chi connectivity index (χ1) is 16.9. The molecule has 6 nitrogen and oxygen atoms in total. The van der Waals surface area contributed by atoms with Crippen LogP contribution in [0.25, 0.3) is 22.0 Å². The second-order valence-electron chi connectivity index (χ2n) is 8.43. The summed E-state index contributed by atoms with van der Waals surface area (Å²) < 4.78 is 40.3. The minimum atomic E-state index is -4.55. The average molecular weight is 477 g/mol. The fourth-order valence-corrected chi connectivity index (χ4v) is 4.31. The summed E-state index contributed by atoms with van der Waals surface area (Å²) in [7, 11) is 0. The van der Waals surface area contributed by atoms with Crippen LogP contribution in [0.3, 0.4) is 0 Å². The summed E-state index contributed by atoms with van der Waals surface area (Å²) in [5.41, 5.74) is 1.13. The molecule has 1 aliphatic rings. The van der Waals surface area contributed by atoms with E-state index in [4.69, 9.17) is 0 Å². The van der Waals surface area contributed by atoms with Crippen molar-refractivity contribution >= 4 is 22.6 Å². The molecule has 1 fully saturated rings. The number of amides is 1. The Bertz CT molecular complexity index is 1340. The van der Waals surface area contributed by atoms with Crippen LogP contribution >= 0.6 is 0 Å². The number of fused-ring (bicyclic) bond motifs is 1. The molecule has 0 radical (unpaired) electrons. The zero-order valence-electron chi connectivity index (χ0n) is 18.7. The Balaban J connectivity index is 1.40. The molecule has 1 aromatic carbocycles. The number of carbonyl (C=O) groups is 1. The number of anilines is 1. The Labute approximate surface area is 199 Å². The normalized spacial score (nSPS) is 14.8. The molecule has 1 N–H and O–H groups in total. The van der Waals surface area contributed by atoms with E-state index in [2.05, 4.69) is 20.3 Å². The van der Waals surface area contributed by atoms with Gasteiger partial charge in [-0.2, -0.15) is 13.2 Å². The number of nitrogens with one attached hydrogen (secondary N) is 1. The number of halogens is 3. The van der Waals surface area contributed by atoms with E-state index in [0.29, 0.717) is 48.3 Å². The molecule has 9 heteroatoms. The molecule has 4 aromatic rings. The van der Waals surface area contributed by atoms with Crippen molar-refractivity contribution in [1.82, 2.24) is 19.9 Å². The first kappa shape index (κ1) is 22.8. The fourth-order valence-electron chi connectivity index (χ4n) is 4.31. The van der Waals surface area contributed by atoms with Gasteiger partial charge in [0.25, 0.3) is 5.91 Å². The molecule has 5 rings (SSSR count). The van der Waals surface area contributed by atoms with Gasteiger partial charge in [-0.3, -0.25) is 9.78 Å². The van der Waals surface area contributed by atoms with Crippen LogP contribution in [0.2, 0.25) is 0 Å². The van der Waals surface area contributed by atoms with E-state index >= 15 is 0 Å². The summed E-state index contributed by atoms with van der Waals surface area (Å²) in [6.07, 6.45) is 1.56. The second kappa shape index (κ2) is 9.32. The maximum absolute atomic E-state index is 13.4. The highest BCUT2D eigenvalue weighted by molar-refractivity contribution is 5.99. The molecule has 1 saturated heterocycles. The third kappa shape index (κ3) is 4.80. The van der Waals surface area contributed by atoms with E-state index in [-0.39, 0.29) is 17.5 Å². The van der Waals surface area contributed by atoms with Crippen LogP contribution in [0, 0.1) is 0 Å². The smallest absolute Gasteiger partial charge is 0.367 e. The van der Waals surface area contributed by atoms with Gasteiger partial charge in [0, 0.05) is 48.7 Å². The van der Waals surface area contributed by atoms with Gasteiger partial charge in [0.05, 0.1) is 11.1 Å². The second-order valence-corrected chi connectivity index (χ2v) is 8.43. The van der Waals surface area contributed by atoms with Crippen LogP contribution in [0.5, 0.6) is 0 Å². The van der Waals surface area contributed by atoms with Gasteiger partial charge in [-0.15, -0.1) is 0 Å². The summed E-state index contributed by atoms with van der Waals surface area (Å²) in [4.78, 5) is 27.0. The average Bonchev–Trinajstić information content (AvgIpc) is 2.89. The number of hydrogen-bond acceptors (Lipinski definition) is 5. The summed E-state index contributed by atoms with van der Waals surface area (Å²) in [5, 5.41) is 3.90. The highest BCUT2D eigenvalue weighted by Gasteiger charge is 2.33. The lowest BCUT2D eigenvalue weighted by molar-refractivity contribution is -0.140. The Morgan fingerprint density at radius 1 is 0.971 bits per heavy atom. The largest absolute Gasteiger partial charge is 0.433 e. The van der Waals surface area contributed by atoms with Gasteiger partial charge < -0.3 is 10.2 Å². The van der Waals surface area contributed by atoms with Crippen molar-refractivity contribution in [2.45, 2.75) is 25.1 Å². The minimum Gasteiger partial charge on any atom is -0.367 e. The SMILES string of the molecule is O=C(c1cccnc1)N1CCC(Nc2ncc(-c3ccccc3)c3nc(C(F)(F)F)ccc23)CC1. The van der Waals surface area contributed by atoms with Crippen LogP contribution in [-0.4, -0.2) is 44.9 Å². The quantitative estimate of drug-likeness (QED) is 0.425. The van der Waals surface area contributed by atoms with Crippen molar-refractivity contribution in [3.63, 3.8) is 0 Å². The lowest BCUT2D eigenvalue weighted by Crippen LogP contribution is -2.42. The molecule has 0 atom stereocenters. The van der Waals surface area contributed by atoms with E-state index in [1.54, 1.807) is 35.6 Å². The van der Waals surface area contributed by atoms with Crippen LogP contribution < -0.4 is 5.32 Å². The number of carbonyl (C=O) groups excluding carboxylic acids is 1. The molecule has 0 aliphatic carbocycles. The van der Waals surface area contributed by atoms with Crippen molar-refractivity contribution < 1.29 is 18.0 Å². The molecule has 0 spiro atoms. The van der Waals surface area contributed by atoms with E-state index < -0.39 is 11.9 Å². The molecule has 178 valence electrons. The maximum atomic E-state index is 13.4. The lowest BCUT2D eigenvalue weighted by Gasteiger charge is -2.33. The van der Waals surface area contributed by atoms with E-state index in [1.807, 2.05) is 30.3 Å². The zero-order chi connectivity index (χ0) is 24.4. The Morgan fingerprint density at radius 3 is 2.43 bits per heavy atom. The Hall–Kier alpha value is -4.01. The molecule has 0 saturated carbocycles. The Kier molecular flexibility index (Phi) is 6.07. The van der Waals surface area contributed by atoms with Gasteiger partial charge in [0.1, 0.15) is 11.5 Å². The summed E-state index contributed by atoms with van der Waals surface area (Å²) >= 11 is 0. The molecule has 4 heterocycles. The minimum absolute atomic E-state index is 0.0218. The van der Waals surface area contributed by atoms with Crippen LogP contribution in [0.15, 0.2) is 73.2 Å². The first-order valence-corrected chi connectivity index (χ1v) is 11.3. The number of alkyl halides is 3. The number of hydrogen-bond donors (Lipinski definition) is 1. The maximum Gasteiger partial charge on any atom is 0.433 e. The number of likely N-dealkylation sites (tertiary alicyclic amines) is 1. The van der Waals surface area contributed by atoms with Crippen molar-refractivity contribution in [3.05, 3.63) is 84.4 Å². The van der Waals surface area contributed by atoms with Gasteiger partial charge in [-0.05, 0) is 42.7 Å². The highest BCUT2D eigenvalue weighted by atomic mass is 19.4. The predicted octanol–water partition coefficient (Wildman–Crippen LogP) is 5.43. The van der Waals surface area contributed by atoms with Gasteiger partial charge in [-0.1, -0.05) is 30.3 Å². The third-order valence-corrected chi connectivity index (χ3v) is 6.13. The van der Waals surface area contributed by atoms with Gasteiger partial charge in [-0.25, -0.2) is 9.97 Å². The molecule has 1 amide bonds. The van der Waals surface area contributed by atoms with E-state index in [1.165, 1.54) is 6.07 Å². The summed E-state index contributed by atoms with van der Waals surface area (Å²) in [6.45, 7) is 1.11. The number of nitrogens with zero attached hydrogens (tertiary/aromatic N) is 4. The zero-order valence-corrected chi connectivity index (χ0v) is 18.7. The van der Waals surface area contributed by atoms with Crippen molar-refractivity contribution in [2.24, 2.45) is 0 Å². The van der Waals surface area contributed by atoms with Crippen molar-refractivity contribution in [2.75, 3.05) is 18.4 Å². The van der Waals surface area contributed by atoms with Gasteiger partial charge in [0.2, 0.25) is 0 Å². The molecule has 35 heavy (non-hydrogen) atoms. The first-order valence-electron chi connectivity index (χ1n) is 11.3. The predicted molar refractivity (Wildman–Crippen MR) is 127 cm³/mol. The van der Waals surface area contributed by atoms with Gasteiger partial charge in [0.15, 0.2) is 0 Å². The molecular formula is C26H22F3N5O. The van der Waals surface area contributed by atoms with E-state index in [0.717, 1.165) is 11.6 Å². The summed E-state index contributed by atoms with van der Waals surface area (Å²) in [5.74, 6) is 0.425. The fraction of sp³-hybridized carbons (Fsp3) is 0.231. The number of piperidine rings is 1. The topological polar surface area (TPSA) is 71.0 Å². The molecule has 3 aromatic heterocycles. The monoisotopic (exact) mass is 477 g/mol. The number of rotatable bonds is 4. The van der Waals surface area contributed by atoms with Crippen LogP contribution in [-0.2, 0) is 6.18 Å². The van der Waals surface area contributed by atoms with Gasteiger partial charge >= 0.3 is 6.18 Å². The highest BCUT2D eigenvalue weighted by Crippen LogP contribution is 2.35. The number of aromatic nitrogens is 3. The van der Waals surface area contributed by atoms with Crippen molar-refractivity contribution in [1.29, 1.82) is 0 Å². The van der Waals surface area contributed by atoms with Crippen molar-refractivity contribution in [3.8, 4) is 11.1 Å². The third-order valence-electron chi connectivity index (χ3n) is 6.13. The van der Waals surface area contributed by atoms with E-state index in [9.17, 15) is 18.0 Å². The molecule has 0 unspecified atom stereocenters. The molecule has 0 bridgehead atoms. The number of benzene rings is 1. The number of pyridine rings is 3. The Morgan fingerprint density at radius 2 is 1.74 bits per heavy atom. The lowest BCUT2D eigenvalue weighted by atomic mass is 10.0. The molecule has 1 aliphatic heterocycles. The molecular weight excluding hydrogens is 455 g/mol. The van der Waals surface area contributed by atoms with Crippen LogP contribution in [0.4, 0.5) is 19.0 Å². The summed E-state index contributed by atoms with van der Waals surface area (Å²) in [6, 6.07) is 15.0. The standard InChI is InChI=1S/C26H22F3N5O/c27-26(28,29)22-9-8-20-23(33-22)21(17-5-2-1-3-6-17)16-31-24(20)32-19-10-13-34(14-11-19)25(35)18-7-4-12-30-15-18/h1-9,12,15-16,19H,10-11,13-14H2,(H,31,32).